The van der Waals surface area contributed by atoms with Crippen molar-refractivity contribution in [3.05, 3.63) is 69.8 Å². The molecule has 11 heteroatoms. The molecule has 0 bridgehead atoms. The number of aromatic nitrogens is 7. The van der Waals surface area contributed by atoms with Crippen molar-refractivity contribution in [2.45, 2.75) is 33.9 Å². The molecule has 0 aliphatic rings. The summed E-state index contributed by atoms with van der Waals surface area (Å²) >= 11 is 0. The minimum atomic E-state index is -0.495. The van der Waals surface area contributed by atoms with Crippen molar-refractivity contribution in [2.24, 2.45) is 0 Å². The standard InChI is InChI=1S/C22H20N8O3/c1-4-29-11-16(18(31)14-8-7-12(2)24-19(14)29)21(32)23-10-17-26-27-20-15(6-5-9-30(17)20)22-25-13(3)28-33-22/h5-9,11H,4,10H2,1-3H3,(H,23,32). The van der Waals surface area contributed by atoms with Gasteiger partial charge in [0, 0.05) is 24.6 Å². The van der Waals surface area contributed by atoms with E-state index in [1.165, 1.54) is 0 Å². The molecule has 0 aliphatic carbocycles. The summed E-state index contributed by atoms with van der Waals surface area (Å²) in [6.45, 7) is 6.16. The lowest BCUT2D eigenvalue weighted by Gasteiger charge is -2.11. The van der Waals surface area contributed by atoms with E-state index in [4.69, 9.17) is 4.52 Å². The van der Waals surface area contributed by atoms with Gasteiger partial charge < -0.3 is 14.4 Å². The zero-order valence-electron chi connectivity index (χ0n) is 18.2. The van der Waals surface area contributed by atoms with E-state index < -0.39 is 5.91 Å². The molecule has 5 aromatic heterocycles. The third kappa shape index (κ3) is 3.53. The maximum atomic E-state index is 13.0. The molecule has 0 unspecified atom stereocenters. The van der Waals surface area contributed by atoms with Gasteiger partial charge in [-0.15, -0.1) is 10.2 Å². The average molecular weight is 444 g/mol. The first-order valence-electron chi connectivity index (χ1n) is 10.4. The molecule has 5 aromatic rings. The van der Waals surface area contributed by atoms with Gasteiger partial charge in [0.25, 0.3) is 11.8 Å². The minimum Gasteiger partial charge on any atom is -0.345 e. The van der Waals surface area contributed by atoms with Crippen LogP contribution >= 0.6 is 0 Å². The second kappa shape index (κ2) is 7.93. The van der Waals surface area contributed by atoms with E-state index in [1.807, 2.05) is 13.8 Å². The van der Waals surface area contributed by atoms with Gasteiger partial charge in [0.05, 0.1) is 17.5 Å². The summed E-state index contributed by atoms with van der Waals surface area (Å²) in [6.07, 6.45) is 3.32. The number of carbonyl (C=O) groups excluding carboxylic acids is 1. The number of hydrogen-bond donors (Lipinski definition) is 1. The predicted octanol–water partition coefficient (Wildman–Crippen LogP) is 2.06. The number of hydrogen-bond acceptors (Lipinski definition) is 8. The van der Waals surface area contributed by atoms with Crippen molar-refractivity contribution in [1.82, 2.24) is 39.6 Å². The van der Waals surface area contributed by atoms with Gasteiger partial charge in [0.1, 0.15) is 11.2 Å². The van der Waals surface area contributed by atoms with Crippen molar-refractivity contribution in [3.63, 3.8) is 0 Å². The van der Waals surface area contributed by atoms with Crippen LogP contribution in [0.4, 0.5) is 0 Å². The van der Waals surface area contributed by atoms with E-state index in [0.29, 0.717) is 46.3 Å². The second-order valence-corrected chi connectivity index (χ2v) is 7.54. The Morgan fingerprint density at radius 3 is 2.73 bits per heavy atom. The molecule has 0 saturated carbocycles. The van der Waals surface area contributed by atoms with Crippen LogP contribution in [0.2, 0.25) is 0 Å². The molecule has 0 aliphatic heterocycles. The maximum absolute atomic E-state index is 13.0. The van der Waals surface area contributed by atoms with E-state index in [-0.39, 0.29) is 17.5 Å². The molecule has 0 saturated heterocycles. The van der Waals surface area contributed by atoms with Crippen LogP contribution in [0.3, 0.4) is 0 Å². The van der Waals surface area contributed by atoms with E-state index >= 15 is 0 Å². The fraction of sp³-hybridized carbons (Fsp3) is 0.227. The third-order valence-electron chi connectivity index (χ3n) is 5.32. The number of amides is 1. The van der Waals surface area contributed by atoms with E-state index in [9.17, 15) is 9.59 Å². The van der Waals surface area contributed by atoms with Gasteiger partial charge in [-0.3, -0.25) is 14.0 Å². The Morgan fingerprint density at radius 2 is 1.97 bits per heavy atom. The highest BCUT2D eigenvalue weighted by Crippen LogP contribution is 2.22. The van der Waals surface area contributed by atoms with Crippen LogP contribution in [0, 0.1) is 13.8 Å². The molecule has 5 heterocycles. The van der Waals surface area contributed by atoms with Crippen LogP contribution in [0.1, 0.15) is 34.6 Å². The lowest BCUT2D eigenvalue weighted by atomic mass is 10.1. The summed E-state index contributed by atoms with van der Waals surface area (Å²) in [5, 5.41) is 15.4. The Balaban J connectivity index is 1.45. The van der Waals surface area contributed by atoms with E-state index in [2.05, 4.69) is 30.6 Å². The topological polar surface area (TPSA) is 133 Å². The molecule has 0 atom stereocenters. The first kappa shape index (κ1) is 20.5. The maximum Gasteiger partial charge on any atom is 0.261 e. The Labute approximate surface area is 187 Å². The average Bonchev–Trinajstić information content (AvgIpc) is 3.43. The number of fused-ring (bicyclic) bond motifs is 2. The highest BCUT2D eigenvalue weighted by molar-refractivity contribution is 5.96. The quantitative estimate of drug-likeness (QED) is 0.435. The predicted molar refractivity (Wildman–Crippen MR) is 119 cm³/mol. The molecule has 0 spiro atoms. The highest BCUT2D eigenvalue weighted by Gasteiger charge is 2.18. The summed E-state index contributed by atoms with van der Waals surface area (Å²) in [4.78, 5) is 34.6. The lowest BCUT2D eigenvalue weighted by Crippen LogP contribution is -2.30. The van der Waals surface area contributed by atoms with Crippen molar-refractivity contribution < 1.29 is 9.32 Å². The van der Waals surface area contributed by atoms with Crippen LogP contribution in [0.25, 0.3) is 28.1 Å². The van der Waals surface area contributed by atoms with Crippen molar-refractivity contribution in [2.75, 3.05) is 0 Å². The van der Waals surface area contributed by atoms with Gasteiger partial charge in [-0.2, -0.15) is 4.98 Å². The first-order valence-corrected chi connectivity index (χ1v) is 10.4. The zero-order valence-corrected chi connectivity index (χ0v) is 18.2. The van der Waals surface area contributed by atoms with Crippen LogP contribution in [-0.4, -0.2) is 40.2 Å². The number of nitrogens with zero attached hydrogens (tertiary/aromatic N) is 7. The molecule has 11 nitrogen and oxygen atoms in total. The minimum absolute atomic E-state index is 0.0471. The molecule has 33 heavy (non-hydrogen) atoms. The molecule has 1 N–H and O–H groups in total. The lowest BCUT2D eigenvalue weighted by molar-refractivity contribution is 0.0948. The number of aryl methyl sites for hydroxylation is 3. The van der Waals surface area contributed by atoms with E-state index in [0.717, 1.165) is 5.69 Å². The molecule has 0 aromatic carbocycles. The van der Waals surface area contributed by atoms with Gasteiger partial charge in [-0.1, -0.05) is 5.16 Å². The molecule has 5 rings (SSSR count). The van der Waals surface area contributed by atoms with Crippen LogP contribution < -0.4 is 10.7 Å². The van der Waals surface area contributed by atoms with Crippen molar-refractivity contribution >= 4 is 22.6 Å². The normalized spacial score (nSPS) is 11.4. The number of rotatable bonds is 5. The fourth-order valence-corrected chi connectivity index (χ4v) is 3.67. The molecule has 1 amide bonds. The van der Waals surface area contributed by atoms with E-state index in [1.54, 1.807) is 52.6 Å². The summed E-state index contributed by atoms with van der Waals surface area (Å²) in [5.41, 5.74) is 2.20. The monoisotopic (exact) mass is 444 g/mol. The Kier molecular flexibility index (Phi) is 4.93. The van der Waals surface area contributed by atoms with Gasteiger partial charge in [0.2, 0.25) is 5.43 Å². The number of carbonyl (C=O) groups is 1. The van der Waals surface area contributed by atoms with Crippen LogP contribution in [0.15, 0.2) is 46.0 Å². The third-order valence-corrected chi connectivity index (χ3v) is 5.32. The summed E-state index contributed by atoms with van der Waals surface area (Å²) < 4.78 is 8.77. The molecule has 0 fully saturated rings. The summed E-state index contributed by atoms with van der Waals surface area (Å²) in [7, 11) is 0. The summed E-state index contributed by atoms with van der Waals surface area (Å²) in [6, 6.07) is 7.07. The fourth-order valence-electron chi connectivity index (χ4n) is 3.67. The summed E-state index contributed by atoms with van der Waals surface area (Å²) in [5.74, 6) is 0.842. The van der Waals surface area contributed by atoms with Gasteiger partial charge in [-0.05, 0) is 45.0 Å². The highest BCUT2D eigenvalue weighted by atomic mass is 16.5. The Morgan fingerprint density at radius 1 is 1.12 bits per heavy atom. The Hall–Kier alpha value is -4.41. The van der Waals surface area contributed by atoms with Gasteiger partial charge in [-0.25, -0.2) is 4.98 Å². The first-order chi connectivity index (χ1) is 16.0. The van der Waals surface area contributed by atoms with Crippen molar-refractivity contribution in [3.8, 4) is 11.5 Å². The Bertz CT molecular complexity index is 1580. The molecule has 166 valence electrons. The van der Waals surface area contributed by atoms with Gasteiger partial charge in [0.15, 0.2) is 17.3 Å². The molecular formula is C22H20N8O3. The number of nitrogens with one attached hydrogen (secondary N) is 1. The van der Waals surface area contributed by atoms with Crippen molar-refractivity contribution in [1.29, 1.82) is 0 Å². The second-order valence-electron chi connectivity index (χ2n) is 7.54. The van der Waals surface area contributed by atoms with Crippen LogP contribution in [-0.2, 0) is 13.1 Å². The number of pyridine rings is 3. The molecular weight excluding hydrogens is 424 g/mol. The zero-order chi connectivity index (χ0) is 23.1. The van der Waals surface area contributed by atoms with Crippen LogP contribution in [0.5, 0.6) is 0 Å². The molecule has 0 radical (unpaired) electrons. The smallest absolute Gasteiger partial charge is 0.261 e. The van der Waals surface area contributed by atoms with Gasteiger partial charge >= 0.3 is 0 Å². The largest absolute Gasteiger partial charge is 0.345 e. The SMILES string of the molecule is CCn1cc(C(=O)NCc2nnc3c(-c4nc(C)no4)cccn23)c(=O)c2ccc(C)nc21.